The van der Waals surface area contributed by atoms with E-state index in [1.807, 2.05) is 12.2 Å². The van der Waals surface area contributed by atoms with Crippen molar-refractivity contribution < 1.29 is 15.0 Å². The lowest BCUT2D eigenvalue weighted by Crippen LogP contribution is -2.45. The van der Waals surface area contributed by atoms with E-state index >= 15 is 0 Å². The fourth-order valence-corrected chi connectivity index (χ4v) is 7.10. The highest BCUT2D eigenvalue weighted by atomic mass is 16.3. The lowest BCUT2D eigenvalue weighted by molar-refractivity contribution is -0.122. The minimum Gasteiger partial charge on any atom is -0.394 e. The number of nitrogens with one attached hydrogen (secondary N) is 1. The average molecular weight is 806 g/mol. The Labute approximate surface area is 361 Å². The van der Waals surface area contributed by atoms with Crippen molar-refractivity contribution >= 4 is 5.91 Å². The fraction of sp³-hybridized carbons (Fsp3) is 0.722. The predicted octanol–water partition coefficient (Wildman–Crippen LogP) is 16.0. The topological polar surface area (TPSA) is 69.6 Å². The first-order chi connectivity index (χ1) is 28.7. The van der Waals surface area contributed by atoms with E-state index in [1.54, 1.807) is 6.08 Å². The summed E-state index contributed by atoms with van der Waals surface area (Å²) in [6.45, 7) is 4.14. The Morgan fingerprint density at radius 1 is 0.431 bits per heavy atom. The zero-order chi connectivity index (χ0) is 42.1. The van der Waals surface area contributed by atoms with Gasteiger partial charge in [0.05, 0.1) is 18.8 Å². The molecule has 0 radical (unpaired) electrons. The molecule has 2 unspecified atom stereocenters. The molecule has 3 N–H and O–H groups in total. The van der Waals surface area contributed by atoms with Crippen molar-refractivity contribution in [2.75, 3.05) is 6.61 Å². The summed E-state index contributed by atoms with van der Waals surface area (Å²) < 4.78 is 0. The van der Waals surface area contributed by atoms with Gasteiger partial charge in [-0.15, -0.1) is 0 Å². The third-order valence-electron chi connectivity index (χ3n) is 10.9. The number of hydrogen-bond donors (Lipinski definition) is 3. The first-order valence-electron chi connectivity index (χ1n) is 24.8. The second-order valence-electron chi connectivity index (χ2n) is 16.5. The van der Waals surface area contributed by atoms with Gasteiger partial charge < -0.3 is 15.5 Å². The molecule has 0 saturated carbocycles. The Kier molecular flexibility index (Phi) is 46.9. The largest absolute Gasteiger partial charge is 0.394 e. The van der Waals surface area contributed by atoms with Gasteiger partial charge in [-0.25, -0.2) is 0 Å². The van der Waals surface area contributed by atoms with Crippen molar-refractivity contribution in [1.29, 1.82) is 0 Å². The number of rotatable bonds is 44. The van der Waals surface area contributed by atoms with Gasteiger partial charge >= 0.3 is 0 Å². The minimum atomic E-state index is -0.904. The number of hydrogen-bond acceptors (Lipinski definition) is 3. The molecule has 58 heavy (non-hydrogen) atoms. The van der Waals surface area contributed by atoms with Crippen molar-refractivity contribution in [2.45, 2.75) is 244 Å². The van der Waals surface area contributed by atoms with Crippen LogP contribution in [0.3, 0.4) is 0 Å². The second kappa shape index (κ2) is 48.9. The lowest BCUT2D eigenvalue weighted by Gasteiger charge is -2.19. The van der Waals surface area contributed by atoms with Gasteiger partial charge in [0.2, 0.25) is 5.91 Å². The number of allylic oxidation sites excluding steroid dienone is 13. The number of amides is 1. The number of aliphatic hydroxyl groups is 2. The maximum absolute atomic E-state index is 12.3. The third kappa shape index (κ3) is 44.7. The van der Waals surface area contributed by atoms with Crippen LogP contribution in [-0.2, 0) is 4.79 Å². The minimum absolute atomic E-state index is 0.160. The van der Waals surface area contributed by atoms with Gasteiger partial charge in [0.25, 0.3) is 0 Å². The van der Waals surface area contributed by atoms with Gasteiger partial charge in [-0.2, -0.15) is 0 Å². The molecule has 0 aromatic heterocycles. The van der Waals surface area contributed by atoms with Crippen molar-refractivity contribution in [3.05, 3.63) is 85.1 Å². The summed E-state index contributed by atoms with van der Waals surface area (Å²) in [5.41, 5.74) is 0. The molecule has 0 bridgehead atoms. The normalized spacial score (nSPS) is 13.7. The van der Waals surface area contributed by atoms with Crippen LogP contribution in [0.25, 0.3) is 0 Å². The van der Waals surface area contributed by atoms with Crippen molar-refractivity contribution in [3.63, 3.8) is 0 Å². The van der Waals surface area contributed by atoms with E-state index in [2.05, 4.69) is 86.0 Å². The molecule has 334 valence electrons. The van der Waals surface area contributed by atoms with E-state index in [-0.39, 0.29) is 12.5 Å². The van der Waals surface area contributed by atoms with Crippen LogP contribution in [0.1, 0.15) is 232 Å². The first kappa shape index (κ1) is 55.6. The summed E-state index contributed by atoms with van der Waals surface area (Å²) in [4.78, 5) is 12.3. The summed E-state index contributed by atoms with van der Waals surface area (Å²) in [6, 6.07) is -0.688. The summed E-state index contributed by atoms with van der Waals surface area (Å²) in [5.74, 6) is -0.160. The Morgan fingerprint density at radius 2 is 0.776 bits per heavy atom. The highest BCUT2D eigenvalue weighted by Crippen LogP contribution is 2.16. The molecule has 0 aromatic carbocycles. The fourth-order valence-electron chi connectivity index (χ4n) is 7.10. The molecule has 0 aliphatic heterocycles. The van der Waals surface area contributed by atoms with E-state index in [0.717, 1.165) is 51.4 Å². The summed E-state index contributed by atoms with van der Waals surface area (Å²) in [5, 5.41) is 22.9. The van der Waals surface area contributed by atoms with Crippen LogP contribution in [-0.4, -0.2) is 34.9 Å². The third-order valence-corrected chi connectivity index (χ3v) is 10.9. The molecular formula is C54H95NO3. The Bertz CT molecular complexity index is 1050. The zero-order valence-corrected chi connectivity index (χ0v) is 38.3. The predicted molar refractivity (Wildman–Crippen MR) is 257 cm³/mol. The Morgan fingerprint density at radius 3 is 1.19 bits per heavy atom. The maximum Gasteiger partial charge on any atom is 0.220 e. The quantitative estimate of drug-likeness (QED) is 0.0424. The summed E-state index contributed by atoms with van der Waals surface area (Å²) in [6.07, 6.45) is 71.8. The molecule has 0 rings (SSSR count). The van der Waals surface area contributed by atoms with E-state index in [1.165, 1.54) is 154 Å². The maximum atomic E-state index is 12.3. The highest BCUT2D eigenvalue weighted by molar-refractivity contribution is 5.76. The van der Waals surface area contributed by atoms with Gasteiger partial charge in [0.1, 0.15) is 0 Å². The van der Waals surface area contributed by atoms with Gasteiger partial charge in [-0.3, -0.25) is 4.79 Å². The summed E-state index contributed by atoms with van der Waals surface area (Å²) in [7, 11) is 0. The number of carbonyl (C=O) groups excluding carboxylic acids is 1. The van der Waals surface area contributed by atoms with Crippen molar-refractivity contribution in [1.82, 2.24) is 5.32 Å². The van der Waals surface area contributed by atoms with Crippen LogP contribution >= 0.6 is 0 Å². The SMILES string of the molecule is CC/C=C\C/C=C\C/C=C\C/C=C\CCC(=O)NC(CO)C(O)/C=C/CC/C=C/CC/C=C/CCCCCCCCCCCCCCCCCCCCCCCCC. The molecule has 0 aromatic rings. The Hall–Kier alpha value is -2.43. The van der Waals surface area contributed by atoms with E-state index in [0.29, 0.717) is 12.8 Å². The molecule has 0 heterocycles. The van der Waals surface area contributed by atoms with Crippen LogP contribution < -0.4 is 5.32 Å². The highest BCUT2D eigenvalue weighted by Gasteiger charge is 2.17. The number of unbranched alkanes of at least 4 members (excludes halogenated alkanes) is 25. The second-order valence-corrected chi connectivity index (χ2v) is 16.5. The molecule has 0 saturated heterocycles. The smallest absolute Gasteiger partial charge is 0.220 e. The molecule has 4 heteroatoms. The van der Waals surface area contributed by atoms with Gasteiger partial charge in [-0.05, 0) is 70.6 Å². The van der Waals surface area contributed by atoms with Gasteiger partial charge in [-0.1, -0.05) is 240 Å². The van der Waals surface area contributed by atoms with Gasteiger partial charge in [0.15, 0.2) is 0 Å². The molecule has 1 amide bonds. The van der Waals surface area contributed by atoms with E-state index < -0.39 is 12.1 Å². The molecule has 0 aliphatic carbocycles. The summed E-state index contributed by atoms with van der Waals surface area (Å²) >= 11 is 0. The Balaban J connectivity index is 3.59. The molecule has 0 spiro atoms. The van der Waals surface area contributed by atoms with Crippen LogP contribution in [0.5, 0.6) is 0 Å². The van der Waals surface area contributed by atoms with Crippen LogP contribution in [0.15, 0.2) is 85.1 Å². The van der Waals surface area contributed by atoms with Crippen molar-refractivity contribution in [2.24, 2.45) is 0 Å². The lowest BCUT2D eigenvalue weighted by atomic mass is 10.0. The molecule has 0 fully saturated rings. The van der Waals surface area contributed by atoms with Gasteiger partial charge in [0, 0.05) is 6.42 Å². The standard InChI is InChI=1S/C54H95NO3/c1-3-5-7-9-11-13-15-17-18-19-20-21-22-23-24-25-26-27-28-29-30-31-32-33-34-35-36-38-39-41-43-45-47-49-53(57)52(51-56)55-54(58)50-48-46-44-42-40-37-16-14-12-10-8-6-4-2/h6,8,12,14,34-35,37,39-41,44,46-47,49,52-53,56-57H,3-5,7,9-11,13,15-33,36,38,42-43,45,48,50-51H2,1-2H3,(H,55,58)/b8-6-,14-12-,35-34+,40-37-,41-39+,46-44-,49-47+. The van der Waals surface area contributed by atoms with Crippen LogP contribution in [0.2, 0.25) is 0 Å². The average Bonchev–Trinajstić information content (AvgIpc) is 3.23. The molecule has 2 atom stereocenters. The first-order valence-corrected chi connectivity index (χ1v) is 24.8. The number of aliphatic hydroxyl groups excluding tert-OH is 2. The number of carbonyl (C=O) groups is 1. The molecule has 4 nitrogen and oxygen atoms in total. The monoisotopic (exact) mass is 806 g/mol. The molecular weight excluding hydrogens is 711 g/mol. The van der Waals surface area contributed by atoms with Crippen LogP contribution in [0.4, 0.5) is 0 Å². The van der Waals surface area contributed by atoms with E-state index in [9.17, 15) is 15.0 Å². The van der Waals surface area contributed by atoms with Crippen LogP contribution in [0, 0.1) is 0 Å². The zero-order valence-electron chi connectivity index (χ0n) is 38.3. The van der Waals surface area contributed by atoms with Crippen molar-refractivity contribution in [3.8, 4) is 0 Å². The van der Waals surface area contributed by atoms with E-state index in [4.69, 9.17) is 0 Å². The molecule has 0 aliphatic rings.